The van der Waals surface area contributed by atoms with Gasteiger partial charge in [0.25, 0.3) is 0 Å². The number of nitriles is 2. The summed E-state index contributed by atoms with van der Waals surface area (Å²) in [5.41, 5.74) is 10.3. The van der Waals surface area contributed by atoms with Crippen molar-refractivity contribution in [3.8, 4) is 34.4 Å². The predicted molar refractivity (Wildman–Crippen MR) is 204 cm³/mol. The third-order valence-electron chi connectivity index (χ3n) is 9.48. The van der Waals surface area contributed by atoms with Crippen LogP contribution < -0.4 is 4.90 Å². The molecule has 0 N–H and O–H groups in total. The van der Waals surface area contributed by atoms with Gasteiger partial charge in [0.2, 0.25) is 0 Å². The first-order valence-corrected chi connectivity index (χ1v) is 16.4. The molecule has 0 amide bonds. The second-order valence-electron chi connectivity index (χ2n) is 12.5. The number of anilines is 3. The molecule has 1 aromatic heterocycles. The van der Waals surface area contributed by atoms with Gasteiger partial charge >= 0.3 is 0 Å². The molecule has 0 saturated carbocycles. The summed E-state index contributed by atoms with van der Waals surface area (Å²) >= 11 is 0. The van der Waals surface area contributed by atoms with Gasteiger partial charge in [-0.2, -0.15) is 10.5 Å². The molecule has 0 saturated heterocycles. The molecule has 0 fully saturated rings. The number of hydrogen-bond donors (Lipinski definition) is 0. The van der Waals surface area contributed by atoms with E-state index in [-0.39, 0.29) is 0 Å². The largest absolute Gasteiger partial charge is 0.454 e. The van der Waals surface area contributed by atoms with Crippen molar-refractivity contribution in [2.75, 3.05) is 4.90 Å². The van der Waals surface area contributed by atoms with Crippen molar-refractivity contribution in [1.82, 2.24) is 0 Å². The van der Waals surface area contributed by atoms with Crippen molar-refractivity contribution >= 4 is 60.5 Å². The summed E-state index contributed by atoms with van der Waals surface area (Å²) in [6, 6.07) is 60.5. The van der Waals surface area contributed by atoms with Crippen molar-refractivity contribution < 1.29 is 4.42 Å². The molecule has 0 aliphatic carbocycles. The monoisotopic (exact) mass is 637 g/mol. The zero-order chi connectivity index (χ0) is 33.6. The summed E-state index contributed by atoms with van der Waals surface area (Å²) in [5.74, 6) is 0. The number of para-hydroxylation sites is 2. The van der Waals surface area contributed by atoms with Crippen LogP contribution in [0.3, 0.4) is 0 Å². The number of nitrogens with zero attached hydrogens (tertiary/aromatic N) is 3. The molecule has 4 heteroatoms. The second-order valence-corrected chi connectivity index (χ2v) is 12.5. The molecule has 0 aliphatic rings. The zero-order valence-electron chi connectivity index (χ0n) is 26.8. The lowest BCUT2D eigenvalue weighted by atomic mass is 9.99. The summed E-state index contributed by atoms with van der Waals surface area (Å²) in [6.45, 7) is 0. The van der Waals surface area contributed by atoms with E-state index in [9.17, 15) is 10.5 Å². The minimum absolute atomic E-state index is 0.653. The van der Waals surface area contributed by atoms with Crippen LogP contribution in [0.1, 0.15) is 11.1 Å². The molecule has 8 aromatic carbocycles. The predicted octanol–water partition coefficient (Wildman–Crippen LogP) is 12.4. The van der Waals surface area contributed by atoms with Crippen LogP contribution in [0.5, 0.6) is 0 Å². The van der Waals surface area contributed by atoms with Crippen molar-refractivity contribution in [3.05, 3.63) is 175 Å². The number of rotatable bonds is 5. The van der Waals surface area contributed by atoms with Crippen LogP contribution in [0.2, 0.25) is 0 Å². The molecule has 1 heterocycles. The molecule has 232 valence electrons. The molecule has 9 rings (SSSR count). The number of fused-ring (bicyclic) bond motifs is 5. The molecule has 0 aliphatic heterocycles. The fraction of sp³-hybridized carbons (Fsp3) is 0. The Morgan fingerprint density at radius 1 is 0.420 bits per heavy atom. The third-order valence-corrected chi connectivity index (χ3v) is 9.48. The second kappa shape index (κ2) is 11.8. The Morgan fingerprint density at radius 2 is 0.920 bits per heavy atom. The molecule has 0 spiro atoms. The van der Waals surface area contributed by atoms with Crippen molar-refractivity contribution in [3.63, 3.8) is 0 Å². The maximum Gasteiger partial charge on any atom is 0.159 e. The Balaban J connectivity index is 1.15. The van der Waals surface area contributed by atoms with Gasteiger partial charge in [-0.1, -0.05) is 91.0 Å². The fourth-order valence-electron chi connectivity index (χ4n) is 6.93. The Morgan fingerprint density at radius 3 is 1.48 bits per heavy atom. The van der Waals surface area contributed by atoms with Crippen LogP contribution in [-0.2, 0) is 0 Å². The maximum absolute atomic E-state index is 9.42. The SMILES string of the molecule is N#Cc1ccc2ccc(-c3ccc(N(c4ccc(-c5ccc6ccc(C#N)cc6c5)cc4)c4cccc5c4oc4ccccc45)cc3)cc2c1. The standard InChI is InChI=1S/C46H27N3O/c47-28-30-8-10-34-12-14-36(26-38(34)24-30)32-16-20-40(21-17-32)49(44-6-3-5-43-42-4-1-2-7-45(42)50-46(43)44)41-22-18-33(19-23-41)37-15-13-35-11-9-31(29-48)25-39(35)27-37/h1-27H. The van der Waals surface area contributed by atoms with Gasteiger partial charge in [-0.15, -0.1) is 0 Å². The average Bonchev–Trinajstić information content (AvgIpc) is 3.57. The summed E-state index contributed by atoms with van der Waals surface area (Å²) < 4.78 is 6.53. The quantitative estimate of drug-likeness (QED) is 0.188. The Hall–Kier alpha value is -7.14. The lowest BCUT2D eigenvalue weighted by molar-refractivity contribution is 0.669. The van der Waals surface area contributed by atoms with E-state index in [4.69, 9.17) is 4.42 Å². The van der Waals surface area contributed by atoms with E-state index >= 15 is 0 Å². The van der Waals surface area contributed by atoms with Crippen molar-refractivity contribution in [1.29, 1.82) is 10.5 Å². The zero-order valence-corrected chi connectivity index (χ0v) is 26.8. The van der Waals surface area contributed by atoms with Crippen LogP contribution in [-0.4, -0.2) is 0 Å². The van der Waals surface area contributed by atoms with Crippen LogP contribution >= 0.6 is 0 Å². The van der Waals surface area contributed by atoms with Crippen LogP contribution in [0.4, 0.5) is 17.1 Å². The normalized spacial score (nSPS) is 11.2. The van der Waals surface area contributed by atoms with Crippen LogP contribution in [0.25, 0.3) is 65.7 Å². The number of benzene rings is 8. The maximum atomic E-state index is 9.42. The molecular weight excluding hydrogens is 611 g/mol. The van der Waals surface area contributed by atoms with E-state index in [1.54, 1.807) is 0 Å². The van der Waals surface area contributed by atoms with Crippen molar-refractivity contribution in [2.24, 2.45) is 0 Å². The number of furan rings is 1. The van der Waals surface area contributed by atoms with Gasteiger partial charge in [-0.3, -0.25) is 0 Å². The lowest BCUT2D eigenvalue weighted by Gasteiger charge is -2.26. The van der Waals surface area contributed by atoms with Gasteiger partial charge in [0, 0.05) is 22.1 Å². The number of hydrogen-bond acceptors (Lipinski definition) is 4. The topological polar surface area (TPSA) is 64.0 Å². The lowest BCUT2D eigenvalue weighted by Crippen LogP contribution is -2.10. The summed E-state index contributed by atoms with van der Waals surface area (Å²) in [4.78, 5) is 2.25. The summed E-state index contributed by atoms with van der Waals surface area (Å²) in [5, 5.41) is 25.3. The third kappa shape index (κ3) is 5.01. The Labute approximate surface area is 288 Å². The van der Waals surface area contributed by atoms with E-state index in [0.29, 0.717) is 11.1 Å². The molecule has 0 unspecified atom stereocenters. The Kier molecular flexibility index (Phi) is 6.87. The van der Waals surface area contributed by atoms with Gasteiger partial charge < -0.3 is 9.32 Å². The minimum atomic E-state index is 0.653. The summed E-state index contributed by atoms with van der Waals surface area (Å²) in [6.07, 6.45) is 0. The molecule has 4 nitrogen and oxygen atoms in total. The minimum Gasteiger partial charge on any atom is -0.454 e. The molecule has 0 radical (unpaired) electrons. The van der Waals surface area contributed by atoms with E-state index in [0.717, 1.165) is 82.8 Å². The highest BCUT2D eigenvalue weighted by molar-refractivity contribution is 6.10. The molecule has 0 atom stereocenters. The van der Waals surface area contributed by atoms with Crippen LogP contribution in [0, 0.1) is 22.7 Å². The summed E-state index contributed by atoms with van der Waals surface area (Å²) in [7, 11) is 0. The van der Waals surface area contributed by atoms with Gasteiger partial charge in [0.15, 0.2) is 5.58 Å². The smallest absolute Gasteiger partial charge is 0.159 e. The van der Waals surface area contributed by atoms with Crippen LogP contribution in [0.15, 0.2) is 168 Å². The first-order chi connectivity index (χ1) is 24.6. The van der Waals surface area contributed by atoms with E-state index in [1.165, 1.54) is 0 Å². The first kappa shape index (κ1) is 29.0. The fourth-order valence-corrected chi connectivity index (χ4v) is 6.93. The Bertz CT molecular complexity index is 2690. The first-order valence-electron chi connectivity index (χ1n) is 16.4. The highest BCUT2D eigenvalue weighted by Gasteiger charge is 2.19. The van der Waals surface area contributed by atoms with Gasteiger partial charge in [0.1, 0.15) is 5.58 Å². The molecule has 0 bridgehead atoms. The van der Waals surface area contributed by atoms with E-state index in [2.05, 4.69) is 126 Å². The van der Waals surface area contributed by atoms with Crippen molar-refractivity contribution in [2.45, 2.75) is 0 Å². The van der Waals surface area contributed by atoms with E-state index in [1.807, 2.05) is 54.6 Å². The van der Waals surface area contributed by atoms with E-state index < -0.39 is 0 Å². The van der Waals surface area contributed by atoms with Gasteiger partial charge in [0.05, 0.1) is 29.0 Å². The molecular formula is C46H27N3O. The average molecular weight is 638 g/mol. The van der Waals surface area contributed by atoms with Gasteiger partial charge in [-0.25, -0.2) is 0 Å². The van der Waals surface area contributed by atoms with Gasteiger partial charge in [-0.05, 0) is 117 Å². The molecule has 50 heavy (non-hydrogen) atoms. The molecule has 9 aromatic rings. The highest BCUT2D eigenvalue weighted by Crippen LogP contribution is 2.43. The highest BCUT2D eigenvalue weighted by atomic mass is 16.3.